The van der Waals surface area contributed by atoms with Crippen LogP contribution in [-0.4, -0.2) is 48.7 Å². The van der Waals surface area contributed by atoms with Gasteiger partial charge in [0.25, 0.3) is 0 Å². The molecule has 0 bridgehead atoms. The van der Waals surface area contributed by atoms with Gasteiger partial charge in [0.1, 0.15) is 0 Å². The van der Waals surface area contributed by atoms with Crippen LogP contribution >= 0.6 is 0 Å². The van der Waals surface area contributed by atoms with E-state index in [4.69, 9.17) is 4.74 Å². The number of carbonyl (C=O) groups is 1. The second kappa shape index (κ2) is 10.9. The van der Waals surface area contributed by atoms with Crippen molar-refractivity contribution >= 4 is 6.03 Å². The molecule has 0 aromatic carbocycles. The molecule has 0 radical (unpaired) electrons. The van der Waals surface area contributed by atoms with E-state index in [1.54, 1.807) is 13.3 Å². The largest absolute Gasteiger partial charge is 0.481 e. The molecule has 0 saturated heterocycles. The van der Waals surface area contributed by atoms with Gasteiger partial charge in [-0.25, -0.2) is 9.78 Å². The second-order valence-electron chi connectivity index (χ2n) is 6.27. The van der Waals surface area contributed by atoms with Crippen molar-refractivity contribution < 1.29 is 9.53 Å². The van der Waals surface area contributed by atoms with E-state index in [0.717, 1.165) is 25.1 Å². The van der Waals surface area contributed by atoms with Crippen LogP contribution in [0.4, 0.5) is 4.79 Å². The Morgan fingerprint density at radius 3 is 2.58 bits per heavy atom. The fourth-order valence-corrected chi connectivity index (χ4v) is 2.77. The second-order valence-corrected chi connectivity index (χ2v) is 6.27. The third-order valence-corrected chi connectivity index (χ3v) is 4.03. The summed E-state index contributed by atoms with van der Waals surface area (Å²) in [7, 11) is 1.58. The van der Waals surface area contributed by atoms with Crippen molar-refractivity contribution in [2.24, 2.45) is 5.92 Å². The van der Waals surface area contributed by atoms with Gasteiger partial charge in [0.2, 0.25) is 5.88 Å². The SMILES string of the molecule is CCN(CC)C(CNC(=O)NCc1ccnc(OC)c1)CC(C)C. The maximum absolute atomic E-state index is 12.1. The quantitative estimate of drug-likeness (QED) is 0.689. The molecule has 0 aliphatic heterocycles. The van der Waals surface area contributed by atoms with Crippen molar-refractivity contribution in [1.82, 2.24) is 20.5 Å². The number of amides is 2. The van der Waals surface area contributed by atoms with E-state index in [0.29, 0.717) is 30.9 Å². The van der Waals surface area contributed by atoms with E-state index in [1.165, 1.54) is 0 Å². The lowest BCUT2D eigenvalue weighted by Crippen LogP contribution is -2.46. The van der Waals surface area contributed by atoms with Crippen molar-refractivity contribution in [2.45, 2.75) is 46.7 Å². The van der Waals surface area contributed by atoms with Gasteiger partial charge in [-0.15, -0.1) is 0 Å². The summed E-state index contributed by atoms with van der Waals surface area (Å²) >= 11 is 0. The zero-order chi connectivity index (χ0) is 17.9. The van der Waals surface area contributed by atoms with Gasteiger partial charge in [0.05, 0.1) is 7.11 Å². The van der Waals surface area contributed by atoms with Crippen molar-refractivity contribution in [3.05, 3.63) is 23.9 Å². The Morgan fingerprint density at radius 1 is 1.29 bits per heavy atom. The molecule has 136 valence electrons. The molecule has 1 aromatic rings. The van der Waals surface area contributed by atoms with Gasteiger partial charge in [0.15, 0.2) is 0 Å². The van der Waals surface area contributed by atoms with Crippen LogP contribution in [0.25, 0.3) is 0 Å². The summed E-state index contributed by atoms with van der Waals surface area (Å²) in [6.45, 7) is 11.8. The Morgan fingerprint density at radius 2 is 2.00 bits per heavy atom. The number of rotatable bonds is 10. The number of nitrogens with zero attached hydrogens (tertiary/aromatic N) is 2. The minimum atomic E-state index is -0.147. The van der Waals surface area contributed by atoms with Gasteiger partial charge >= 0.3 is 6.03 Å². The van der Waals surface area contributed by atoms with Gasteiger partial charge in [0, 0.05) is 31.4 Å². The van der Waals surface area contributed by atoms with E-state index < -0.39 is 0 Å². The highest BCUT2D eigenvalue weighted by atomic mass is 16.5. The number of hydrogen-bond donors (Lipinski definition) is 2. The first-order valence-corrected chi connectivity index (χ1v) is 8.74. The van der Waals surface area contributed by atoms with E-state index in [-0.39, 0.29) is 6.03 Å². The average Bonchev–Trinajstić information content (AvgIpc) is 2.58. The Kier molecular flexibility index (Phi) is 9.15. The smallest absolute Gasteiger partial charge is 0.315 e. The summed E-state index contributed by atoms with van der Waals surface area (Å²) in [5.41, 5.74) is 0.958. The van der Waals surface area contributed by atoms with Crippen LogP contribution in [0, 0.1) is 5.92 Å². The van der Waals surface area contributed by atoms with Crippen molar-refractivity contribution in [1.29, 1.82) is 0 Å². The van der Waals surface area contributed by atoms with Crippen molar-refractivity contribution in [2.75, 3.05) is 26.7 Å². The van der Waals surface area contributed by atoms with Gasteiger partial charge in [-0.05, 0) is 37.1 Å². The molecule has 0 aliphatic carbocycles. The molecule has 0 spiro atoms. The third-order valence-electron chi connectivity index (χ3n) is 4.03. The number of urea groups is 1. The Balaban J connectivity index is 2.47. The maximum Gasteiger partial charge on any atom is 0.315 e. The van der Waals surface area contributed by atoms with Crippen LogP contribution < -0.4 is 15.4 Å². The number of methoxy groups -OCH3 is 1. The normalized spacial score (nSPS) is 12.3. The molecule has 1 heterocycles. The summed E-state index contributed by atoms with van der Waals surface area (Å²) in [6.07, 6.45) is 2.75. The molecule has 2 N–H and O–H groups in total. The minimum absolute atomic E-state index is 0.147. The lowest BCUT2D eigenvalue weighted by Gasteiger charge is -2.31. The average molecular weight is 336 g/mol. The Labute approximate surface area is 146 Å². The molecule has 0 fully saturated rings. The lowest BCUT2D eigenvalue weighted by atomic mass is 10.0. The highest BCUT2D eigenvalue weighted by Gasteiger charge is 2.17. The first-order chi connectivity index (χ1) is 11.5. The van der Waals surface area contributed by atoms with Gasteiger partial charge in [-0.3, -0.25) is 4.90 Å². The molecule has 2 amide bonds. The standard InChI is InChI=1S/C18H32N4O2/c1-6-22(7-2)16(10-14(3)4)13-21-18(23)20-12-15-8-9-19-17(11-15)24-5/h8-9,11,14,16H,6-7,10,12-13H2,1-5H3,(H2,20,21,23). The zero-order valence-electron chi connectivity index (χ0n) is 15.6. The van der Waals surface area contributed by atoms with E-state index in [2.05, 4.69) is 48.2 Å². The number of hydrogen-bond acceptors (Lipinski definition) is 4. The topological polar surface area (TPSA) is 66.5 Å². The summed E-state index contributed by atoms with van der Waals surface area (Å²) in [6, 6.07) is 3.90. The highest BCUT2D eigenvalue weighted by Crippen LogP contribution is 2.11. The van der Waals surface area contributed by atoms with Crippen LogP contribution in [0.15, 0.2) is 18.3 Å². The summed E-state index contributed by atoms with van der Waals surface area (Å²) in [5, 5.41) is 5.88. The van der Waals surface area contributed by atoms with Crippen LogP contribution in [0.2, 0.25) is 0 Å². The van der Waals surface area contributed by atoms with Crippen LogP contribution in [-0.2, 0) is 6.54 Å². The molecule has 6 nitrogen and oxygen atoms in total. The molecule has 0 aliphatic rings. The van der Waals surface area contributed by atoms with E-state index in [1.807, 2.05) is 12.1 Å². The summed E-state index contributed by atoms with van der Waals surface area (Å²) in [5.74, 6) is 1.15. The number of pyridine rings is 1. The predicted molar refractivity (Wildman–Crippen MR) is 97.2 cm³/mol. The van der Waals surface area contributed by atoms with Crippen molar-refractivity contribution in [3.63, 3.8) is 0 Å². The fraction of sp³-hybridized carbons (Fsp3) is 0.667. The third kappa shape index (κ3) is 7.17. The van der Waals surface area contributed by atoms with Crippen LogP contribution in [0.1, 0.15) is 39.7 Å². The molecule has 24 heavy (non-hydrogen) atoms. The van der Waals surface area contributed by atoms with Gasteiger partial charge in [-0.1, -0.05) is 27.7 Å². The maximum atomic E-state index is 12.1. The number of nitrogens with one attached hydrogen (secondary N) is 2. The lowest BCUT2D eigenvalue weighted by molar-refractivity contribution is 0.184. The first-order valence-electron chi connectivity index (χ1n) is 8.74. The monoisotopic (exact) mass is 336 g/mol. The molecular formula is C18H32N4O2. The highest BCUT2D eigenvalue weighted by molar-refractivity contribution is 5.73. The Bertz CT molecular complexity index is 490. The molecular weight excluding hydrogens is 304 g/mol. The summed E-state index contributed by atoms with van der Waals surface area (Å²) in [4.78, 5) is 18.5. The van der Waals surface area contributed by atoms with E-state index >= 15 is 0 Å². The minimum Gasteiger partial charge on any atom is -0.481 e. The molecule has 1 atom stereocenters. The molecule has 6 heteroatoms. The summed E-state index contributed by atoms with van der Waals surface area (Å²) < 4.78 is 5.08. The zero-order valence-corrected chi connectivity index (χ0v) is 15.6. The number of ether oxygens (including phenoxy) is 1. The number of aromatic nitrogens is 1. The number of likely N-dealkylation sites (N-methyl/N-ethyl adjacent to an activating group) is 1. The predicted octanol–water partition coefficient (Wildman–Crippen LogP) is 2.65. The molecule has 1 aromatic heterocycles. The Hall–Kier alpha value is -1.82. The van der Waals surface area contributed by atoms with Crippen LogP contribution in [0.3, 0.4) is 0 Å². The van der Waals surface area contributed by atoms with E-state index in [9.17, 15) is 4.79 Å². The fourth-order valence-electron chi connectivity index (χ4n) is 2.77. The van der Waals surface area contributed by atoms with Crippen LogP contribution in [0.5, 0.6) is 5.88 Å². The molecule has 1 unspecified atom stereocenters. The number of carbonyl (C=O) groups excluding carboxylic acids is 1. The first kappa shape index (κ1) is 20.2. The molecule has 1 rings (SSSR count). The van der Waals surface area contributed by atoms with Gasteiger partial charge < -0.3 is 15.4 Å². The van der Waals surface area contributed by atoms with Crippen molar-refractivity contribution in [3.8, 4) is 5.88 Å². The van der Waals surface area contributed by atoms with Gasteiger partial charge in [-0.2, -0.15) is 0 Å². The molecule has 0 saturated carbocycles.